The van der Waals surface area contributed by atoms with Crippen LogP contribution >= 0.6 is 0 Å². The lowest BCUT2D eigenvalue weighted by Gasteiger charge is -2.43. The fraction of sp³-hybridized carbons (Fsp3) is 0.118. The van der Waals surface area contributed by atoms with Crippen molar-refractivity contribution in [2.75, 3.05) is 9.80 Å². The zero-order valence-corrected chi connectivity index (χ0v) is 21.4. The normalized spacial score (nSPS) is 16.9. The smallest absolute Gasteiger partial charge is 0.251 e. The van der Waals surface area contributed by atoms with Crippen LogP contribution in [-0.4, -0.2) is 17.9 Å². The van der Waals surface area contributed by atoms with Gasteiger partial charge in [-0.15, -0.1) is 0 Å². The van der Waals surface area contributed by atoms with E-state index in [0.29, 0.717) is 6.42 Å². The van der Waals surface area contributed by atoms with Crippen LogP contribution in [0.15, 0.2) is 127 Å². The van der Waals surface area contributed by atoms with Crippen LogP contribution in [0.25, 0.3) is 12.2 Å². The summed E-state index contributed by atoms with van der Waals surface area (Å²) in [5.41, 5.74) is 4.55. The predicted molar refractivity (Wildman–Crippen MR) is 156 cm³/mol. The van der Waals surface area contributed by atoms with Gasteiger partial charge in [0.15, 0.2) is 0 Å². The van der Waals surface area contributed by atoms with Gasteiger partial charge in [-0.2, -0.15) is 0 Å². The van der Waals surface area contributed by atoms with Crippen LogP contribution in [-0.2, 0) is 9.59 Å². The van der Waals surface area contributed by atoms with Crippen molar-refractivity contribution in [2.24, 2.45) is 0 Å². The van der Waals surface area contributed by atoms with Gasteiger partial charge in [-0.1, -0.05) is 97.1 Å². The molecule has 1 heterocycles. The van der Waals surface area contributed by atoms with Crippen molar-refractivity contribution in [3.8, 4) is 0 Å². The van der Waals surface area contributed by atoms with E-state index in [1.807, 2.05) is 144 Å². The summed E-state index contributed by atoms with van der Waals surface area (Å²) < 4.78 is 0. The minimum absolute atomic E-state index is 0.0752. The third-order valence-electron chi connectivity index (χ3n) is 6.82. The molecule has 0 saturated carbocycles. The first-order valence-corrected chi connectivity index (χ1v) is 12.9. The average Bonchev–Trinajstić information content (AvgIpc) is 2.96. The Kier molecular flexibility index (Phi) is 7.60. The van der Waals surface area contributed by atoms with Crippen LogP contribution in [0.2, 0.25) is 0 Å². The Labute approximate surface area is 224 Å². The van der Waals surface area contributed by atoms with Crippen LogP contribution < -0.4 is 9.80 Å². The Bertz CT molecular complexity index is 1450. The lowest BCUT2D eigenvalue weighted by atomic mass is 9.89. The first kappa shape index (κ1) is 25.0. The lowest BCUT2D eigenvalue weighted by molar-refractivity contribution is -0.114. The summed E-state index contributed by atoms with van der Waals surface area (Å²) in [7, 11) is 0. The molecule has 4 heteroatoms. The van der Waals surface area contributed by atoms with Crippen molar-refractivity contribution >= 4 is 35.3 Å². The molecule has 0 aliphatic carbocycles. The molecule has 38 heavy (non-hydrogen) atoms. The molecule has 0 radical (unpaired) electrons. The van der Waals surface area contributed by atoms with Gasteiger partial charge in [0, 0.05) is 29.6 Å². The van der Waals surface area contributed by atoms with Gasteiger partial charge in [0.05, 0.1) is 6.04 Å². The van der Waals surface area contributed by atoms with Crippen LogP contribution in [0.3, 0.4) is 0 Å². The highest BCUT2D eigenvalue weighted by atomic mass is 16.2. The van der Waals surface area contributed by atoms with Crippen molar-refractivity contribution in [1.29, 1.82) is 0 Å². The second kappa shape index (κ2) is 11.6. The van der Waals surface area contributed by atoms with Crippen molar-refractivity contribution in [3.05, 3.63) is 144 Å². The number of carbonyl (C=O) groups is 2. The molecule has 0 saturated heterocycles. The molecule has 0 unspecified atom stereocenters. The number of anilines is 2. The zero-order chi connectivity index (χ0) is 26.3. The van der Waals surface area contributed by atoms with Crippen LogP contribution in [0.1, 0.15) is 36.1 Å². The molecule has 1 aliphatic heterocycles. The van der Waals surface area contributed by atoms with Crippen molar-refractivity contribution < 1.29 is 9.59 Å². The number of para-hydroxylation sites is 2. The molecule has 1 aliphatic rings. The van der Waals surface area contributed by atoms with Crippen LogP contribution in [0, 0.1) is 0 Å². The topological polar surface area (TPSA) is 40.6 Å². The van der Waals surface area contributed by atoms with E-state index in [9.17, 15) is 9.59 Å². The Balaban J connectivity index is 1.50. The highest BCUT2D eigenvalue weighted by Crippen LogP contribution is 2.42. The monoisotopic (exact) mass is 498 g/mol. The number of hydrogen-bond donors (Lipinski definition) is 0. The second-order valence-electron chi connectivity index (χ2n) is 9.40. The van der Waals surface area contributed by atoms with Gasteiger partial charge in [0.25, 0.3) is 11.8 Å². The molecule has 0 N–H and O–H groups in total. The number of benzene rings is 4. The van der Waals surface area contributed by atoms with E-state index in [1.165, 1.54) is 0 Å². The standard InChI is InChI=1S/C34H30N2O2/c1-26-25-32(36(29-17-9-4-10-18-29)34(38)24-22-28-15-7-3-8-16-28)30-19-11-12-20-31(30)35(26)33(37)23-21-27-13-5-2-6-14-27/h2-24,26,32H,25H2,1H3/b23-21-,24-22-/t26-,32+/m1/s1. The summed E-state index contributed by atoms with van der Waals surface area (Å²) in [5.74, 6) is -0.176. The summed E-state index contributed by atoms with van der Waals surface area (Å²) >= 11 is 0. The molecule has 0 aromatic heterocycles. The summed E-state index contributed by atoms with van der Waals surface area (Å²) in [5, 5.41) is 0. The maximum atomic E-state index is 13.8. The fourth-order valence-electron chi connectivity index (χ4n) is 5.04. The van der Waals surface area contributed by atoms with E-state index in [1.54, 1.807) is 12.2 Å². The third kappa shape index (κ3) is 5.50. The third-order valence-corrected chi connectivity index (χ3v) is 6.82. The summed E-state index contributed by atoms with van der Waals surface area (Å²) in [4.78, 5) is 30.9. The van der Waals surface area contributed by atoms with Gasteiger partial charge in [-0.3, -0.25) is 9.59 Å². The molecule has 188 valence electrons. The highest BCUT2D eigenvalue weighted by Gasteiger charge is 2.37. The molecule has 0 spiro atoms. The maximum Gasteiger partial charge on any atom is 0.251 e. The predicted octanol–water partition coefficient (Wildman–Crippen LogP) is 7.31. The number of nitrogens with zero attached hydrogens (tertiary/aromatic N) is 2. The molecular formula is C34H30N2O2. The number of rotatable bonds is 6. The molecular weight excluding hydrogens is 468 g/mol. The van der Waals surface area contributed by atoms with Gasteiger partial charge in [0.1, 0.15) is 0 Å². The number of carbonyl (C=O) groups excluding carboxylic acids is 2. The fourth-order valence-corrected chi connectivity index (χ4v) is 5.04. The number of fused-ring (bicyclic) bond motifs is 1. The van der Waals surface area contributed by atoms with E-state index in [-0.39, 0.29) is 23.9 Å². The highest BCUT2D eigenvalue weighted by molar-refractivity contribution is 6.07. The quantitative estimate of drug-likeness (QED) is 0.262. The largest absolute Gasteiger partial charge is 0.306 e. The average molecular weight is 499 g/mol. The molecule has 2 amide bonds. The van der Waals surface area contributed by atoms with Crippen LogP contribution in [0.5, 0.6) is 0 Å². The summed E-state index contributed by atoms with van der Waals surface area (Å²) in [6, 6.07) is 36.9. The zero-order valence-electron chi connectivity index (χ0n) is 21.4. The minimum atomic E-state index is -0.223. The Morgan fingerprint density at radius 1 is 0.711 bits per heavy atom. The number of amides is 2. The van der Waals surface area contributed by atoms with Crippen molar-refractivity contribution in [1.82, 2.24) is 0 Å². The van der Waals surface area contributed by atoms with Crippen molar-refractivity contribution in [3.63, 3.8) is 0 Å². The lowest BCUT2D eigenvalue weighted by Crippen LogP contribution is -2.47. The Hall–Kier alpha value is -4.70. The van der Waals surface area contributed by atoms with E-state index in [0.717, 1.165) is 28.1 Å². The van der Waals surface area contributed by atoms with E-state index >= 15 is 0 Å². The Morgan fingerprint density at radius 2 is 1.24 bits per heavy atom. The molecule has 4 aromatic carbocycles. The first-order chi connectivity index (χ1) is 18.6. The molecule has 0 bridgehead atoms. The molecule has 4 aromatic rings. The van der Waals surface area contributed by atoms with Gasteiger partial charge in [-0.05, 0) is 60.4 Å². The maximum absolute atomic E-state index is 13.8. The molecule has 2 atom stereocenters. The second-order valence-corrected chi connectivity index (χ2v) is 9.40. The Morgan fingerprint density at radius 3 is 1.87 bits per heavy atom. The summed E-state index contributed by atoms with van der Waals surface area (Å²) in [6.45, 7) is 2.05. The van der Waals surface area contributed by atoms with Gasteiger partial charge in [-0.25, -0.2) is 0 Å². The molecule has 4 nitrogen and oxygen atoms in total. The molecule has 0 fully saturated rings. The van der Waals surface area contributed by atoms with E-state index in [4.69, 9.17) is 0 Å². The minimum Gasteiger partial charge on any atom is -0.306 e. The van der Waals surface area contributed by atoms with Crippen LogP contribution in [0.4, 0.5) is 11.4 Å². The SMILES string of the molecule is C[C@@H]1C[C@H](N(C(=O)/C=C\c2ccccc2)c2ccccc2)c2ccccc2N1C(=O)/C=C\c1ccccc1. The number of hydrogen-bond acceptors (Lipinski definition) is 2. The summed E-state index contributed by atoms with van der Waals surface area (Å²) in [6.07, 6.45) is 7.57. The molecule has 5 rings (SSSR count). The van der Waals surface area contributed by atoms with Gasteiger partial charge < -0.3 is 9.80 Å². The van der Waals surface area contributed by atoms with Crippen molar-refractivity contribution in [2.45, 2.75) is 25.4 Å². The van der Waals surface area contributed by atoms with Gasteiger partial charge >= 0.3 is 0 Å². The van der Waals surface area contributed by atoms with E-state index < -0.39 is 0 Å². The first-order valence-electron chi connectivity index (χ1n) is 12.9. The van der Waals surface area contributed by atoms with Gasteiger partial charge in [0.2, 0.25) is 0 Å². The van der Waals surface area contributed by atoms with E-state index in [2.05, 4.69) is 0 Å².